The second-order valence-corrected chi connectivity index (χ2v) is 4.86. The third-order valence-corrected chi connectivity index (χ3v) is 2.50. The van der Waals surface area contributed by atoms with Gasteiger partial charge in [-0.05, 0) is 47.1 Å². The van der Waals surface area contributed by atoms with Crippen LogP contribution in [0, 0.1) is 0 Å². The van der Waals surface area contributed by atoms with Gasteiger partial charge in [-0.3, -0.25) is 0 Å². The van der Waals surface area contributed by atoms with E-state index in [0.29, 0.717) is 13.2 Å². The summed E-state index contributed by atoms with van der Waals surface area (Å²) in [7, 11) is 1.73. The Morgan fingerprint density at radius 2 is 1.44 bits per heavy atom. The predicted molar refractivity (Wildman–Crippen MR) is 70.8 cm³/mol. The fourth-order valence-electron chi connectivity index (χ4n) is 1.09. The van der Waals surface area contributed by atoms with E-state index in [9.17, 15) is 0 Å². The highest BCUT2D eigenvalue weighted by molar-refractivity contribution is 4.71. The third kappa shape index (κ3) is 10.4. The molecule has 2 N–H and O–H groups in total. The molecule has 0 amide bonds. The fraction of sp³-hybridized carbons (Fsp3) is 1.00. The molecular formula is C13H31NO2. The van der Waals surface area contributed by atoms with Gasteiger partial charge in [0.25, 0.3) is 0 Å². The van der Waals surface area contributed by atoms with E-state index in [2.05, 4.69) is 27.7 Å². The number of ether oxygens (including phenoxy) is 2. The van der Waals surface area contributed by atoms with E-state index in [4.69, 9.17) is 15.2 Å². The van der Waals surface area contributed by atoms with Gasteiger partial charge in [-0.25, -0.2) is 0 Å². The summed E-state index contributed by atoms with van der Waals surface area (Å²) < 4.78 is 11.1. The molecule has 0 aliphatic rings. The first-order chi connectivity index (χ1) is 7.33. The van der Waals surface area contributed by atoms with Crippen molar-refractivity contribution in [2.75, 3.05) is 20.3 Å². The molecule has 3 heteroatoms. The van der Waals surface area contributed by atoms with Crippen molar-refractivity contribution in [1.82, 2.24) is 0 Å². The van der Waals surface area contributed by atoms with E-state index < -0.39 is 0 Å². The number of rotatable bonds is 7. The summed E-state index contributed by atoms with van der Waals surface area (Å²) in [5.41, 5.74) is 5.28. The first-order valence-corrected chi connectivity index (χ1v) is 6.22. The highest BCUT2D eigenvalue weighted by Crippen LogP contribution is 2.18. The lowest BCUT2D eigenvalue weighted by molar-refractivity contribution is -0.0600. The normalized spacial score (nSPS) is 12.0. The summed E-state index contributed by atoms with van der Waals surface area (Å²) in [6.07, 6.45) is 1.79. The molecule has 0 aromatic heterocycles. The van der Waals surface area contributed by atoms with E-state index in [1.54, 1.807) is 7.11 Å². The molecule has 0 aliphatic carbocycles. The summed E-state index contributed by atoms with van der Waals surface area (Å²) in [4.78, 5) is 0. The van der Waals surface area contributed by atoms with Crippen LogP contribution in [-0.4, -0.2) is 31.5 Å². The zero-order valence-electron chi connectivity index (χ0n) is 12.2. The van der Waals surface area contributed by atoms with Crippen molar-refractivity contribution in [2.45, 2.75) is 65.6 Å². The number of hydrogen-bond acceptors (Lipinski definition) is 3. The van der Waals surface area contributed by atoms with E-state index in [0.717, 1.165) is 12.8 Å². The van der Waals surface area contributed by atoms with Gasteiger partial charge in [0.05, 0.1) is 17.8 Å². The molecule has 3 nitrogen and oxygen atoms in total. The van der Waals surface area contributed by atoms with Gasteiger partial charge in [-0.2, -0.15) is 0 Å². The van der Waals surface area contributed by atoms with Crippen LogP contribution in [0.4, 0.5) is 0 Å². The summed E-state index contributed by atoms with van der Waals surface area (Å²) in [5.74, 6) is 0. The van der Waals surface area contributed by atoms with E-state index in [1.807, 2.05) is 13.8 Å². The van der Waals surface area contributed by atoms with E-state index >= 15 is 0 Å². The average Bonchev–Trinajstić information content (AvgIpc) is 2.20. The Labute approximate surface area is 102 Å². The number of hydrogen-bond donors (Lipinski definition) is 1. The van der Waals surface area contributed by atoms with Crippen LogP contribution >= 0.6 is 0 Å². The van der Waals surface area contributed by atoms with E-state index in [1.165, 1.54) is 0 Å². The molecule has 0 bridgehead atoms. The van der Waals surface area contributed by atoms with Gasteiger partial charge in [0.15, 0.2) is 0 Å². The molecule has 0 aliphatic heterocycles. The number of nitrogens with two attached hydrogens (primary N) is 1. The molecule has 0 saturated carbocycles. The highest BCUT2D eigenvalue weighted by Gasteiger charge is 2.20. The van der Waals surface area contributed by atoms with Crippen molar-refractivity contribution < 1.29 is 9.47 Å². The molecule has 0 radical (unpaired) electrons. The minimum Gasteiger partial charge on any atom is -0.379 e. The standard InChI is InChI=1S/C11H25NO2.C2H6/c1-10(2,13-5)7-9-14-11(3,4)6-8-12;1-2/h6-9,12H2,1-5H3;1-2H3. The maximum atomic E-state index is 5.75. The Morgan fingerprint density at radius 1 is 0.938 bits per heavy atom. The molecule has 16 heavy (non-hydrogen) atoms. The fourth-order valence-corrected chi connectivity index (χ4v) is 1.09. The van der Waals surface area contributed by atoms with Crippen LogP contribution in [0.25, 0.3) is 0 Å². The first kappa shape index (κ1) is 18.3. The van der Waals surface area contributed by atoms with Crippen molar-refractivity contribution >= 4 is 0 Å². The minimum atomic E-state index is -0.113. The molecular weight excluding hydrogens is 202 g/mol. The Kier molecular flexibility index (Phi) is 10.2. The Bertz CT molecular complexity index is 156. The molecule has 0 aromatic carbocycles. The molecule has 0 atom stereocenters. The van der Waals surface area contributed by atoms with Gasteiger partial charge in [0.2, 0.25) is 0 Å². The van der Waals surface area contributed by atoms with Crippen molar-refractivity contribution in [3.8, 4) is 0 Å². The average molecular weight is 233 g/mol. The van der Waals surface area contributed by atoms with Gasteiger partial charge >= 0.3 is 0 Å². The molecule has 100 valence electrons. The minimum absolute atomic E-state index is 0.0984. The van der Waals surface area contributed by atoms with Crippen LogP contribution in [0.2, 0.25) is 0 Å². The lowest BCUT2D eigenvalue weighted by atomic mass is 10.0. The summed E-state index contributed by atoms with van der Waals surface area (Å²) in [5, 5.41) is 0. The quantitative estimate of drug-likeness (QED) is 0.735. The Morgan fingerprint density at radius 3 is 1.81 bits per heavy atom. The van der Waals surface area contributed by atoms with Crippen molar-refractivity contribution in [3.63, 3.8) is 0 Å². The second-order valence-electron chi connectivity index (χ2n) is 4.86. The maximum absolute atomic E-state index is 5.75. The lowest BCUT2D eigenvalue weighted by Gasteiger charge is -2.28. The first-order valence-electron chi connectivity index (χ1n) is 6.22. The zero-order valence-corrected chi connectivity index (χ0v) is 12.2. The Balaban J connectivity index is 0. The van der Waals surface area contributed by atoms with Crippen LogP contribution in [0.1, 0.15) is 54.4 Å². The molecule has 0 heterocycles. The van der Waals surface area contributed by atoms with Crippen LogP contribution in [-0.2, 0) is 9.47 Å². The SMILES string of the molecule is CC.COC(C)(C)CCOC(C)(C)CCN. The van der Waals surface area contributed by atoms with Gasteiger partial charge in [0.1, 0.15) is 0 Å². The molecule has 0 aromatic rings. The van der Waals surface area contributed by atoms with Crippen molar-refractivity contribution in [3.05, 3.63) is 0 Å². The Hall–Kier alpha value is -0.120. The summed E-state index contributed by atoms with van der Waals surface area (Å²) in [6, 6.07) is 0. The number of methoxy groups -OCH3 is 1. The molecule has 0 spiro atoms. The van der Waals surface area contributed by atoms with Crippen LogP contribution in [0.15, 0.2) is 0 Å². The smallest absolute Gasteiger partial charge is 0.0644 e. The van der Waals surface area contributed by atoms with Crippen LogP contribution in [0.5, 0.6) is 0 Å². The third-order valence-electron chi connectivity index (χ3n) is 2.50. The largest absolute Gasteiger partial charge is 0.379 e. The summed E-state index contributed by atoms with van der Waals surface area (Å²) >= 11 is 0. The van der Waals surface area contributed by atoms with Gasteiger partial charge < -0.3 is 15.2 Å². The van der Waals surface area contributed by atoms with Crippen LogP contribution in [0.3, 0.4) is 0 Å². The molecule has 0 saturated heterocycles. The van der Waals surface area contributed by atoms with E-state index in [-0.39, 0.29) is 11.2 Å². The van der Waals surface area contributed by atoms with Crippen molar-refractivity contribution in [2.24, 2.45) is 5.73 Å². The predicted octanol–water partition coefficient (Wildman–Crippen LogP) is 2.97. The highest BCUT2D eigenvalue weighted by atomic mass is 16.5. The topological polar surface area (TPSA) is 44.5 Å². The van der Waals surface area contributed by atoms with Gasteiger partial charge in [-0.15, -0.1) is 0 Å². The monoisotopic (exact) mass is 233 g/mol. The lowest BCUT2D eigenvalue weighted by Crippen LogP contribution is -2.31. The zero-order chi connectivity index (χ0) is 13.2. The molecule has 0 fully saturated rings. The molecule has 0 unspecified atom stereocenters. The second kappa shape index (κ2) is 8.97. The van der Waals surface area contributed by atoms with Crippen LogP contribution < -0.4 is 5.73 Å². The van der Waals surface area contributed by atoms with Crippen molar-refractivity contribution in [1.29, 1.82) is 0 Å². The van der Waals surface area contributed by atoms with Gasteiger partial charge in [-0.1, -0.05) is 13.8 Å². The van der Waals surface area contributed by atoms with Gasteiger partial charge in [0, 0.05) is 7.11 Å². The maximum Gasteiger partial charge on any atom is 0.0644 e. The summed E-state index contributed by atoms with van der Waals surface area (Å²) in [6.45, 7) is 13.6. The molecule has 0 rings (SSSR count).